The molecule has 0 radical (unpaired) electrons. The summed E-state index contributed by atoms with van der Waals surface area (Å²) in [5, 5.41) is 4.35. The number of rotatable bonds is 4. The van der Waals surface area contributed by atoms with Gasteiger partial charge in [0.05, 0.1) is 17.9 Å². The minimum absolute atomic E-state index is 0.363. The summed E-state index contributed by atoms with van der Waals surface area (Å²) in [4.78, 5) is 24.7. The van der Waals surface area contributed by atoms with Crippen LogP contribution in [0.25, 0.3) is 0 Å². The highest BCUT2D eigenvalue weighted by atomic mass is 32.1. The number of para-hydroxylation sites is 2. The third-order valence-corrected chi connectivity index (χ3v) is 3.58. The molecule has 0 unspecified atom stereocenters. The molecule has 0 aliphatic carbocycles. The second-order valence-electron chi connectivity index (χ2n) is 4.41. The van der Waals surface area contributed by atoms with Crippen molar-refractivity contribution in [1.29, 1.82) is 0 Å². The van der Waals surface area contributed by atoms with E-state index < -0.39 is 6.03 Å². The van der Waals surface area contributed by atoms with E-state index in [4.69, 9.17) is 4.74 Å². The Bertz CT molecular complexity index is 670. The Kier molecular flexibility index (Phi) is 5.37. The zero-order valence-corrected chi connectivity index (χ0v) is 13.1. The molecule has 2 aromatic rings. The van der Waals surface area contributed by atoms with E-state index in [-0.39, 0.29) is 5.91 Å². The maximum Gasteiger partial charge on any atom is 0.338 e. The Labute approximate surface area is 132 Å². The smallest absolute Gasteiger partial charge is 0.338 e. The second-order valence-corrected chi connectivity index (χ2v) is 5.52. The molecule has 0 atom stereocenters. The van der Waals surface area contributed by atoms with E-state index in [0.29, 0.717) is 23.6 Å². The maximum atomic E-state index is 11.8. The fourth-order valence-electron chi connectivity index (χ4n) is 1.75. The number of carbonyl (C=O) groups is 2. The van der Waals surface area contributed by atoms with Crippen LogP contribution in [0, 0.1) is 6.92 Å². The minimum Gasteiger partial charge on any atom is -0.492 e. The van der Waals surface area contributed by atoms with Gasteiger partial charge in [-0.3, -0.25) is 10.2 Å². The first kappa shape index (κ1) is 15.8. The van der Waals surface area contributed by atoms with Gasteiger partial charge in [-0.15, -0.1) is 11.3 Å². The summed E-state index contributed by atoms with van der Waals surface area (Å²) in [6.45, 7) is 4.26. The lowest BCUT2D eigenvalue weighted by molar-refractivity contribution is 0.0938. The Morgan fingerprint density at radius 2 is 2.00 bits per heavy atom. The van der Waals surface area contributed by atoms with Crippen LogP contribution < -0.4 is 20.9 Å². The number of amides is 3. The van der Waals surface area contributed by atoms with Gasteiger partial charge in [0.2, 0.25) is 0 Å². The van der Waals surface area contributed by atoms with Crippen molar-refractivity contribution in [3.63, 3.8) is 0 Å². The van der Waals surface area contributed by atoms with Gasteiger partial charge in [0.25, 0.3) is 5.91 Å². The van der Waals surface area contributed by atoms with Gasteiger partial charge >= 0.3 is 6.03 Å². The van der Waals surface area contributed by atoms with E-state index in [9.17, 15) is 9.59 Å². The van der Waals surface area contributed by atoms with E-state index in [1.165, 1.54) is 11.3 Å². The summed E-state index contributed by atoms with van der Waals surface area (Å²) in [7, 11) is 0. The Balaban J connectivity index is 1.89. The number of thiophene rings is 1. The predicted molar refractivity (Wildman–Crippen MR) is 86.3 cm³/mol. The quantitative estimate of drug-likeness (QED) is 0.758. The van der Waals surface area contributed by atoms with Gasteiger partial charge in [-0.25, -0.2) is 10.2 Å². The van der Waals surface area contributed by atoms with Gasteiger partial charge in [0.15, 0.2) is 0 Å². The molecule has 0 aliphatic rings. The van der Waals surface area contributed by atoms with Crippen LogP contribution in [0.5, 0.6) is 5.75 Å². The number of urea groups is 1. The Morgan fingerprint density at radius 1 is 1.23 bits per heavy atom. The van der Waals surface area contributed by atoms with E-state index in [1.54, 1.807) is 29.6 Å². The molecule has 1 aromatic heterocycles. The van der Waals surface area contributed by atoms with Crippen molar-refractivity contribution in [1.82, 2.24) is 10.9 Å². The standard InChI is InChI=1S/C15H17N3O3S/c1-3-21-13-7-5-4-6-12(13)16-15(20)18-17-14(19)11-8-10(2)22-9-11/h4-9H,3H2,1-2H3,(H,17,19)(H2,16,18,20). The highest BCUT2D eigenvalue weighted by molar-refractivity contribution is 7.10. The van der Waals surface area contributed by atoms with Gasteiger partial charge in [-0.1, -0.05) is 12.1 Å². The molecule has 22 heavy (non-hydrogen) atoms. The van der Waals surface area contributed by atoms with Crippen molar-refractivity contribution in [3.8, 4) is 5.75 Å². The third kappa shape index (κ3) is 4.23. The molecule has 0 aliphatic heterocycles. The van der Waals surface area contributed by atoms with Crippen LogP contribution in [-0.2, 0) is 0 Å². The van der Waals surface area contributed by atoms with E-state index in [0.717, 1.165) is 4.88 Å². The van der Waals surface area contributed by atoms with Gasteiger partial charge in [0.1, 0.15) is 5.75 Å². The fourth-order valence-corrected chi connectivity index (χ4v) is 2.44. The number of carbonyl (C=O) groups excluding carboxylic acids is 2. The number of ether oxygens (including phenoxy) is 1. The lowest BCUT2D eigenvalue weighted by atomic mass is 10.3. The molecular formula is C15H17N3O3S. The maximum absolute atomic E-state index is 11.8. The molecule has 0 saturated carbocycles. The number of aryl methyl sites for hydroxylation is 1. The summed E-state index contributed by atoms with van der Waals surface area (Å²) in [5.41, 5.74) is 5.70. The molecule has 7 heteroatoms. The summed E-state index contributed by atoms with van der Waals surface area (Å²) in [6, 6.07) is 8.27. The molecule has 0 spiro atoms. The molecule has 6 nitrogen and oxygen atoms in total. The van der Waals surface area contributed by atoms with Crippen molar-refractivity contribution < 1.29 is 14.3 Å². The second kappa shape index (κ2) is 7.46. The summed E-state index contributed by atoms with van der Waals surface area (Å²) in [6.07, 6.45) is 0. The predicted octanol–water partition coefficient (Wildman–Crippen LogP) is 2.92. The molecule has 3 amide bonds. The van der Waals surface area contributed by atoms with Gasteiger partial charge < -0.3 is 10.1 Å². The number of hydrogen-bond donors (Lipinski definition) is 3. The molecule has 1 aromatic carbocycles. The highest BCUT2D eigenvalue weighted by Crippen LogP contribution is 2.23. The summed E-state index contributed by atoms with van der Waals surface area (Å²) >= 11 is 1.47. The molecule has 1 heterocycles. The zero-order valence-electron chi connectivity index (χ0n) is 12.3. The van der Waals surface area contributed by atoms with Crippen LogP contribution in [0.1, 0.15) is 22.2 Å². The SMILES string of the molecule is CCOc1ccccc1NC(=O)NNC(=O)c1csc(C)c1. The lowest BCUT2D eigenvalue weighted by Crippen LogP contribution is -2.43. The van der Waals surface area contributed by atoms with Crippen molar-refractivity contribution in [2.45, 2.75) is 13.8 Å². The van der Waals surface area contributed by atoms with Gasteiger partial charge in [-0.05, 0) is 32.0 Å². The first-order chi connectivity index (χ1) is 10.6. The van der Waals surface area contributed by atoms with Crippen LogP contribution in [-0.4, -0.2) is 18.5 Å². The molecule has 0 fully saturated rings. The zero-order chi connectivity index (χ0) is 15.9. The molecule has 116 valence electrons. The van der Waals surface area contributed by atoms with E-state index in [2.05, 4.69) is 16.2 Å². The fraction of sp³-hybridized carbons (Fsp3) is 0.200. The van der Waals surface area contributed by atoms with Crippen LogP contribution >= 0.6 is 11.3 Å². The molecule has 2 rings (SSSR count). The third-order valence-electron chi connectivity index (χ3n) is 2.72. The summed E-state index contributed by atoms with van der Waals surface area (Å²) < 4.78 is 5.41. The van der Waals surface area contributed by atoms with E-state index in [1.807, 2.05) is 19.9 Å². The largest absolute Gasteiger partial charge is 0.492 e. The van der Waals surface area contributed by atoms with Crippen LogP contribution in [0.2, 0.25) is 0 Å². The van der Waals surface area contributed by atoms with Crippen LogP contribution in [0.15, 0.2) is 35.7 Å². The molecule has 0 bridgehead atoms. The first-order valence-electron chi connectivity index (χ1n) is 6.74. The van der Waals surface area contributed by atoms with E-state index >= 15 is 0 Å². The Morgan fingerprint density at radius 3 is 2.68 bits per heavy atom. The average Bonchev–Trinajstić information content (AvgIpc) is 2.94. The minimum atomic E-state index is -0.549. The Hall–Kier alpha value is -2.54. The van der Waals surface area contributed by atoms with Crippen LogP contribution in [0.4, 0.5) is 10.5 Å². The van der Waals surface area contributed by atoms with Crippen LogP contribution in [0.3, 0.4) is 0 Å². The normalized spacial score (nSPS) is 9.91. The number of anilines is 1. The molecule has 0 saturated heterocycles. The monoisotopic (exact) mass is 319 g/mol. The highest BCUT2D eigenvalue weighted by Gasteiger charge is 2.10. The number of hydrazine groups is 1. The molecule has 3 N–H and O–H groups in total. The van der Waals surface area contributed by atoms with Crippen molar-refractivity contribution in [2.75, 3.05) is 11.9 Å². The van der Waals surface area contributed by atoms with Gasteiger partial charge in [-0.2, -0.15) is 0 Å². The lowest BCUT2D eigenvalue weighted by Gasteiger charge is -2.12. The first-order valence-corrected chi connectivity index (χ1v) is 7.62. The number of benzene rings is 1. The number of hydrogen-bond acceptors (Lipinski definition) is 4. The number of nitrogens with one attached hydrogen (secondary N) is 3. The molecular weight excluding hydrogens is 302 g/mol. The summed E-state index contributed by atoms with van der Waals surface area (Å²) in [5.74, 6) is 0.206. The van der Waals surface area contributed by atoms with Gasteiger partial charge in [0, 0.05) is 10.3 Å². The average molecular weight is 319 g/mol. The van der Waals surface area contributed by atoms with Crippen molar-refractivity contribution in [2.24, 2.45) is 0 Å². The van der Waals surface area contributed by atoms with Crippen molar-refractivity contribution in [3.05, 3.63) is 46.2 Å². The van der Waals surface area contributed by atoms with Crippen molar-refractivity contribution >= 4 is 29.0 Å². The topological polar surface area (TPSA) is 79.5 Å².